The van der Waals surface area contributed by atoms with E-state index in [0.29, 0.717) is 47.2 Å². The molecule has 328 valence electrons. The van der Waals surface area contributed by atoms with Gasteiger partial charge in [0.1, 0.15) is 0 Å². The third-order valence-electron chi connectivity index (χ3n) is 12.2. The van der Waals surface area contributed by atoms with Crippen molar-refractivity contribution in [2.24, 2.45) is 11.8 Å². The fourth-order valence-corrected chi connectivity index (χ4v) is 11.0. The highest BCUT2D eigenvalue weighted by atomic mass is 32.2. The smallest absolute Gasteiger partial charge is 0.261 e. The van der Waals surface area contributed by atoms with Crippen LogP contribution in [0.2, 0.25) is 0 Å². The maximum absolute atomic E-state index is 15.4. The van der Waals surface area contributed by atoms with Crippen molar-refractivity contribution in [3.8, 4) is 0 Å². The molecule has 0 radical (unpaired) electrons. The molecule has 2 aliphatic rings. The zero-order valence-electron chi connectivity index (χ0n) is 38.7. The van der Waals surface area contributed by atoms with Crippen LogP contribution in [0.4, 0.5) is 0 Å². The Morgan fingerprint density at radius 3 is 1.48 bits per heavy atom. The van der Waals surface area contributed by atoms with E-state index >= 15 is 9.59 Å². The number of carbonyl (C=O) groups excluding carboxylic acids is 2. The quantitative estimate of drug-likeness (QED) is 0.0513. The van der Waals surface area contributed by atoms with Crippen LogP contribution in [0.25, 0.3) is 5.70 Å². The van der Waals surface area contributed by atoms with E-state index in [2.05, 4.69) is 90.0 Å². The van der Waals surface area contributed by atoms with E-state index in [1.54, 1.807) is 23.1 Å². The Kier molecular flexibility index (Phi) is 24.7. The number of thioether (sulfide) groups is 1. The summed E-state index contributed by atoms with van der Waals surface area (Å²) in [4.78, 5) is 38.3. The van der Waals surface area contributed by atoms with Crippen LogP contribution in [0.5, 0.6) is 0 Å². The van der Waals surface area contributed by atoms with Gasteiger partial charge in [-0.05, 0) is 61.6 Å². The molecule has 0 saturated heterocycles. The molecule has 0 fully saturated rings. The number of rotatable bonds is 34. The Balaban J connectivity index is 2.13. The predicted octanol–water partition coefficient (Wildman–Crippen LogP) is 16.4. The Hall–Kier alpha value is -2.05. The number of fused-ring (bicyclic) bond motifs is 1. The van der Waals surface area contributed by atoms with Crippen molar-refractivity contribution in [2.75, 3.05) is 13.1 Å². The molecule has 3 heterocycles. The maximum Gasteiger partial charge on any atom is 0.261 e. The minimum atomic E-state index is 0.0339. The minimum Gasteiger partial charge on any atom is -0.306 e. The molecule has 0 aromatic carbocycles. The highest BCUT2D eigenvalue weighted by Gasteiger charge is 2.50. The summed E-state index contributed by atoms with van der Waals surface area (Å²) < 4.78 is 0. The fraction of sp³-hybridized carbons (Fsp3) is 0.731. The molecule has 3 rings (SSSR count). The van der Waals surface area contributed by atoms with E-state index in [1.807, 2.05) is 6.08 Å². The summed E-state index contributed by atoms with van der Waals surface area (Å²) in [6.07, 6.45) is 33.6. The number of amides is 2. The standard InChI is InChI=1S/C52H86N2O2S2/c1-10-15-19-23-25-29-34-42(32-27-21-17-12-3)38-53-49(45(31-14-5)57-41(8)9)47-48(52(53)56)50(46-37-36-44(58-46)40(6)7)54(51(47)55)39-43(33-28-22-18-13-4)35-30-26-24-20-16-11-2/h14,31,36-37,40-43H,5,10-13,15-30,32-35,38-39H2,1-4,6-9H3/b45-31-. The Morgan fingerprint density at radius 2 is 1.05 bits per heavy atom. The van der Waals surface area contributed by atoms with Crippen molar-refractivity contribution >= 4 is 40.6 Å². The molecule has 2 aliphatic heterocycles. The van der Waals surface area contributed by atoms with Crippen LogP contribution in [0, 0.1) is 11.8 Å². The third-order valence-corrected chi connectivity index (χ3v) is 14.7. The van der Waals surface area contributed by atoms with Gasteiger partial charge in [0.05, 0.1) is 27.4 Å². The van der Waals surface area contributed by atoms with Gasteiger partial charge in [-0.25, -0.2) is 0 Å². The largest absolute Gasteiger partial charge is 0.306 e. The highest BCUT2D eigenvalue weighted by molar-refractivity contribution is 8.03. The summed E-state index contributed by atoms with van der Waals surface area (Å²) in [5.74, 6) is 1.28. The van der Waals surface area contributed by atoms with Crippen molar-refractivity contribution in [3.05, 3.63) is 62.4 Å². The molecule has 1 aromatic rings. The molecular formula is C52H86N2O2S2. The van der Waals surface area contributed by atoms with E-state index < -0.39 is 0 Å². The van der Waals surface area contributed by atoms with Crippen molar-refractivity contribution in [2.45, 2.75) is 221 Å². The number of hydrogen-bond acceptors (Lipinski definition) is 4. The number of hydrogen-bond donors (Lipinski definition) is 0. The molecule has 0 bridgehead atoms. The molecule has 58 heavy (non-hydrogen) atoms. The summed E-state index contributed by atoms with van der Waals surface area (Å²) >= 11 is 3.54. The van der Waals surface area contributed by atoms with Crippen LogP contribution in [-0.4, -0.2) is 40.0 Å². The number of thiophene rings is 1. The van der Waals surface area contributed by atoms with Gasteiger partial charge in [0.15, 0.2) is 0 Å². The molecule has 6 heteroatoms. The van der Waals surface area contributed by atoms with Gasteiger partial charge < -0.3 is 9.80 Å². The first kappa shape index (κ1) is 50.3. The van der Waals surface area contributed by atoms with Crippen molar-refractivity contribution in [3.63, 3.8) is 0 Å². The molecule has 0 N–H and O–H groups in total. The van der Waals surface area contributed by atoms with Gasteiger partial charge in [0, 0.05) is 28.1 Å². The zero-order valence-corrected chi connectivity index (χ0v) is 40.4. The lowest BCUT2D eigenvalue weighted by atomic mass is 9.93. The fourth-order valence-electron chi connectivity index (χ4n) is 8.90. The highest BCUT2D eigenvalue weighted by Crippen LogP contribution is 2.50. The summed E-state index contributed by atoms with van der Waals surface area (Å²) in [5, 5.41) is 0.292. The predicted molar refractivity (Wildman–Crippen MR) is 257 cm³/mol. The van der Waals surface area contributed by atoms with Gasteiger partial charge in [-0.1, -0.05) is 196 Å². The van der Waals surface area contributed by atoms with Crippen LogP contribution >= 0.6 is 23.1 Å². The zero-order chi connectivity index (χ0) is 42.3. The van der Waals surface area contributed by atoms with Gasteiger partial charge >= 0.3 is 0 Å². The Labute approximate surface area is 366 Å². The molecule has 0 aliphatic carbocycles. The first-order chi connectivity index (χ1) is 28.1. The van der Waals surface area contributed by atoms with Gasteiger partial charge in [-0.2, -0.15) is 0 Å². The normalized spacial score (nSPS) is 15.9. The molecular weight excluding hydrogens is 749 g/mol. The first-order valence-electron chi connectivity index (χ1n) is 24.4. The lowest BCUT2D eigenvalue weighted by Gasteiger charge is -2.30. The van der Waals surface area contributed by atoms with Gasteiger partial charge in [-0.3, -0.25) is 9.59 Å². The number of allylic oxidation sites excluding steroid dienone is 2. The van der Waals surface area contributed by atoms with Crippen LogP contribution in [0.3, 0.4) is 0 Å². The topological polar surface area (TPSA) is 40.6 Å². The second-order valence-electron chi connectivity index (χ2n) is 18.1. The molecule has 0 spiro atoms. The van der Waals surface area contributed by atoms with E-state index in [9.17, 15) is 0 Å². The van der Waals surface area contributed by atoms with Gasteiger partial charge in [0.2, 0.25) is 0 Å². The maximum atomic E-state index is 15.4. The first-order valence-corrected chi connectivity index (χ1v) is 26.0. The van der Waals surface area contributed by atoms with Crippen molar-refractivity contribution in [1.82, 2.24) is 9.80 Å². The second kappa shape index (κ2) is 28.5. The number of nitrogens with zero attached hydrogens (tertiary/aromatic N) is 2. The molecule has 0 saturated carbocycles. The third kappa shape index (κ3) is 15.8. The molecule has 1 aromatic heterocycles. The average molecular weight is 835 g/mol. The summed E-state index contributed by atoms with van der Waals surface area (Å²) in [5.41, 5.74) is 3.03. The van der Waals surface area contributed by atoms with E-state index in [1.165, 1.54) is 133 Å². The van der Waals surface area contributed by atoms with Gasteiger partial charge in [-0.15, -0.1) is 23.1 Å². The van der Waals surface area contributed by atoms with Crippen molar-refractivity contribution < 1.29 is 9.59 Å². The molecule has 2 amide bonds. The monoisotopic (exact) mass is 835 g/mol. The molecule has 2 unspecified atom stereocenters. The van der Waals surface area contributed by atoms with Crippen LogP contribution in [0.1, 0.15) is 225 Å². The van der Waals surface area contributed by atoms with Crippen LogP contribution < -0.4 is 0 Å². The molecule has 2 atom stereocenters. The average Bonchev–Trinajstić information content (AvgIpc) is 3.87. The second-order valence-corrected chi connectivity index (χ2v) is 20.8. The van der Waals surface area contributed by atoms with Crippen LogP contribution in [-0.2, 0) is 9.59 Å². The summed E-state index contributed by atoms with van der Waals surface area (Å²) in [6, 6.07) is 4.42. The van der Waals surface area contributed by atoms with E-state index in [0.717, 1.165) is 46.9 Å². The summed E-state index contributed by atoms with van der Waals surface area (Å²) in [7, 11) is 0. The number of unbranched alkanes of at least 4 members (excludes halogenated alkanes) is 16. The van der Waals surface area contributed by atoms with Crippen molar-refractivity contribution in [1.29, 1.82) is 0 Å². The Morgan fingerprint density at radius 1 is 0.621 bits per heavy atom. The SMILES string of the molecule is C=C/C=C(\SC(C)C)C1=C2C(=O)N(CC(CCCCCC)CCCCCCCC)C(c3ccc(C(C)C)s3)=C2C(=O)N1CC(CCCCCC)CCCCCCCC. The minimum absolute atomic E-state index is 0.0339. The van der Waals surface area contributed by atoms with E-state index in [4.69, 9.17) is 0 Å². The summed E-state index contributed by atoms with van der Waals surface area (Å²) in [6.45, 7) is 23.5. The molecule has 4 nitrogen and oxygen atoms in total. The lowest BCUT2D eigenvalue weighted by Crippen LogP contribution is -2.35. The van der Waals surface area contributed by atoms with Crippen LogP contribution in [0.15, 0.2) is 52.6 Å². The lowest BCUT2D eigenvalue weighted by molar-refractivity contribution is -0.124. The van der Waals surface area contributed by atoms with Gasteiger partial charge in [0.25, 0.3) is 11.8 Å². The van der Waals surface area contributed by atoms with E-state index in [-0.39, 0.29) is 11.8 Å². The Bertz CT molecular complexity index is 1460. The number of carbonyl (C=O) groups is 2.